The summed E-state index contributed by atoms with van der Waals surface area (Å²) in [7, 11) is 3.04. The minimum atomic E-state index is -2.46. The molecule has 3 aliphatic heterocycles. The van der Waals surface area contributed by atoms with Crippen LogP contribution in [0.15, 0.2) is 47.6 Å². The number of allylic oxidation sites excluding steroid dienone is 5. The van der Waals surface area contributed by atoms with Crippen molar-refractivity contribution in [2.24, 2.45) is 35.5 Å². The maximum atomic E-state index is 14.6. The lowest BCUT2D eigenvalue weighted by molar-refractivity contribution is -0.265. The highest BCUT2D eigenvalue weighted by atomic mass is 16.6. The number of hydrogen-bond acceptors (Lipinski definition) is 14. The number of rotatable bonds is 10. The average Bonchev–Trinajstić information content (AvgIpc) is 3.36. The molecule has 1 amide bonds. The molecule has 0 aromatic rings. The lowest BCUT2D eigenvalue weighted by atomic mass is 9.78. The molecular formula is C57H89NO14. The fraction of sp³-hybridized carbons (Fsp3) is 0.754. The van der Waals surface area contributed by atoms with Gasteiger partial charge in [-0.05, 0) is 107 Å². The number of Topliss-reactive ketones (excluding diaryl/α,β-unsaturated/α-hetero) is 2. The maximum absolute atomic E-state index is 14.6. The Labute approximate surface area is 430 Å². The smallest absolute Gasteiger partial charge is 0.329 e. The van der Waals surface area contributed by atoms with Crippen LogP contribution in [0, 0.1) is 47.3 Å². The highest BCUT2D eigenvalue weighted by Crippen LogP contribution is 2.38. The van der Waals surface area contributed by atoms with Crippen LogP contribution >= 0.6 is 0 Å². The van der Waals surface area contributed by atoms with Crippen LogP contribution < -0.4 is 0 Å². The van der Waals surface area contributed by atoms with Crippen LogP contribution in [0.1, 0.15) is 139 Å². The first-order chi connectivity index (χ1) is 34.3. The van der Waals surface area contributed by atoms with Crippen molar-refractivity contribution in [3.63, 3.8) is 0 Å². The third-order valence-corrected chi connectivity index (χ3v) is 15.4. The zero-order valence-corrected chi connectivity index (χ0v) is 45.0. The quantitative estimate of drug-likeness (QED) is 0.0771. The molecule has 406 valence electrons. The molecule has 4 rings (SSSR count). The first kappa shape index (κ1) is 61.0. The summed E-state index contributed by atoms with van der Waals surface area (Å²) in [6.07, 6.45) is 12.0. The average molecular weight is 1010 g/mol. The van der Waals surface area contributed by atoms with Crippen LogP contribution in [0.3, 0.4) is 0 Å². The molecule has 1 aliphatic carbocycles. The number of piperidine rings is 1. The van der Waals surface area contributed by atoms with Gasteiger partial charge in [-0.1, -0.05) is 83.9 Å². The molecule has 4 N–H and O–H groups in total. The van der Waals surface area contributed by atoms with E-state index >= 15 is 0 Å². The van der Waals surface area contributed by atoms with Gasteiger partial charge in [-0.3, -0.25) is 14.4 Å². The summed E-state index contributed by atoms with van der Waals surface area (Å²) >= 11 is 0. The van der Waals surface area contributed by atoms with Crippen LogP contribution in [0.5, 0.6) is 0 Å². The van der Waals surface area contributed by atoms with Gasteiger partial charge >= 0.3 is 5.97 Å². The molecule has 0 aromatic carbocycles. The molecule has 3 fully saturated rings. The molecule has 15 nitrogen and oxygen atoms in total. The number of amides is 1. The van der Waals surface area contributed by atoms with Gasteiger partial charge in [0.25, 0.3) is 11.7 Å². The molecule has 16 atom stereocenters. The second-order valence-corrected chi connectivity index (χ2v) is 21.1. The van der Waals surface area contributed by atoms with Crippen molar-refractivity contribution in [3.8, 4) is 11.8 Å². The van der Waals surface area contributed by atoms with E-state index in [1.54, 1.807) is 34.0 Å². The minimum Gasteiger partial charge on any atom is -0.460 e. The monoisotopic (exact) mass is 1010 g/mol. The number of fused-ring (bicyclic) bond motifs is 3. The SMILES string of the molecule is CCC#CCO[C@H]1C[C@@H]2CC[C@@H](C)[C@@](O)(O2)C(=O)C(=O)N2CCCC[C@H]2C(=O)O[C@H]([C@H](C)C[C@H]2CC[C@@H](OCCO)[C@H](OC)C2)C[C@@H](O)[C@H](C)/C=C(\C)[C@@H](O)[C@@H](OC)C(=O)[C@H](C)C[C@@H](C)\C=C/C=C/C=C/1C. The Hall–Kier alpha value is -3.56. The first-order valence-electron chi connectivity index (χ1n) is 26.7. The summed E-state index contributed by atoms with van der Waals surface area (Å²) in [5.74, 6) is -1.36. The topological polar surface area (TPSA) is 208 Å². The molecule has 0 radical (unpaired) electrons. The van der Waals surface area contributed by atoms with Crippen LogP contribution in [0.25, 0.3) is 0 Å². The summed E-state index contributed by atoms with van der Waals surface area (Å²) in [4.78, 5) is 58.5. The highest BCUT2D eigenvalue weighted by Gasteiger charge is 2.53. The number of aliphatic hydroxyl groups excluding tert-OH is 3. The van der Waals surface area contributed by atoms with Gasteiger partial charge in [0, 0.05) is 57.8 Å². The normalized spacial score (nSPS) is 38.4. The predicted octanol–water partition coefficient (Wildman–Crippen LogP) is 6.77. The van der Waals surface area contributed by atoms with Crippen LogP contribution in [-0.4, -0.2) is 150 Å². The number of esters is 1. The maximum Gasteiger partial charge on any atom is 0.329 e. The summed E-state index contributed by atoms with van der Waals surface area (Å²) in [6.45, 7) is 15.2. The van der Waals surface area contributed by atoms with E-state index in [-0.39, 0.29) is 81.4 Å². The van der Waals surface area contributed by atoms with Gasteiger partial charge in [0.15, 0.2) is 5.78 Å². The van der Waals surface area contributed by atoms with Gasteiger partial charge in [0.1, 0.15) is 31.0 Å². The number of carbonyl (C=O) groups excluding carboxylic acids is 4. The second kappa shape index (κ2) is 30.1. The fourth-order valence-electron chi connectivity index (χ4n) is 10.9. The fourth-order valence-corrected chi connectivity index (χ4v) is 10.9. The Morgan fingerprint density at radius 3 is 2.31 bits per heavy atom. The molecule has 2 saturated heterocycles. The van der Waals surface area contributed by atoms with E-state index in [4.69, 9.17) is 28.4 Å². The summed E-state index contributed by atoms with van der Waals surface area (Å²) < 4.78 is 36.3. The number of carbonyl (C=O) groups is 4. The van der Waals surface area contributed by atoms with Crippen molar-refractivity contribution in [1.29, 1.82) is 0 Å². The van der Waals surface area contributed by atoms with Gasteiger partial charge in [-0.15, -0.1) is 5.92 Å². The number of ketones is 2. The van der Waals surface area contributed by atoms with E-state index in [0.29, 0.717) is 63.4 Å². The Morgan fingerprint density at radius 2 is 1.61 bits per heavy atom. The summed E-state index contributed by atoms with van der Waals surface area (Å²) in [5, 5.41) is 45.0. The van der Waals surface area contributed by atoms with E-state index < -0.39 is 83.9 Å². The van der Waals surface area contributed by atoms with Gasteiger partial charge in [-0.2, -0.15) is 0 Å². The van der Waals surface area contributed by atoms with Crippen molar-refractivity contribution in [1.82, 2.24) is 4.90 Å². The molecule has 15 heteroatoms. The van der Waals surface area contributed by atoms with Crippen molar-refractivity contribution in [2.75, 3.05) is 40.6 Å². The molecule has 72 heavy (non-hydrogen) atoms. The number of nitrogens with zero attached hydrogens (tertiary/aromatic N) is 1. The number of cyclic esters (lactones) is 1. The Balaban J connectivity index is 1.72. The largest absolute Gasteiger partial charge is 0.460 e. The summed E-state index contributed by atoms with van der Waals surface area (Å²) in [6, 6.07) is -1.13. The zero-order valence-electron chi connectivity index (χ0n) is 45.0. The van der Waals surface area contributed by atoms with Gasteiger partial charge in [0.05, 0.1) is 43.7 Å². The van der Waals surface area contributed by atoms with E-state index in [2.05, 4.69) is 11.8 Å². The van der Waals surface area contributed by atoms with Gasteiger partial charge < -0.3 is 53.7 Å². The van der Waals surface area contributed by atoms with Gasteiger partial charge in [0.2, 0.25) is 5.79 Å². The number of hydrogen-bond donors (Lipinski definition) is 4. The van der Waals surface area contributed by atoms with Crippen molar-refractivity contribution in [3.05, 3.63) is 47.6 Å². The van der Waals surface area contributed by atoms with E-state index in [1.807, 2.05) is 65.0 Å². The molecule has 2 bridgehead atoms. The van der Waals surface area contributed by atoms with Gasteiger partial charge in [-0.25, -0.2) is 4.79 Å². The standard InChI is InChI=1S/C57H89NO14/c1-11-12-18-28-69-48-34-44-24-22-42(8)57(66,72-44)54(63)55(64)58-26-17-16-21-45(58)56(65)71-49(39(5)32-43-23-25-47(70-29-27-59)50(33-43)67-9)35-46(60)38(4)31-41(7)52(62)53(68-10)51(61)40(6)30-36(2)19-14-13-15-20-37(48)3/h13-15,19-20,31,36,38-40,42-50,52-53,59-60,62,66H,11,16-17,21-30,32-35H2,1-10H3/b15-13+,19-14-,37-20+,41-31+/t36-,38+,39+,40+,42+,43+,44-,45-,46+,47+,48-,49-,50+,52+,53-,57+/m0/s1. The number of aliphatic hydroxyl groups is 4. The van der Waals surface area contributed by atoms with Crippen LogP contribution in [0.2, 0.25) is 0 Å². The summed E-state index contributed by atoms with van der Waals surface area (Å²) in [5.41, 5.74) is 1.30. The molecule has 1 saturated carbocycles. The molecule has 0 spiro atoms. The predicted molar refractivity (Wildman–Crippen MR) is 274 cm³/mol. The molecule has 4 aliphatic rings. The molecular weight excluding hydrogens is 923 g/mol. The van der Waals surface area contributed by atoms with E-state index in [1.165, 1.54) is 12.0 Å². The lowest BCUT2D eigenvalue weighted by Gasteiger charge is -2.43. The van der Waals surface area contributed by atoms with Crippen molar-refractivity contribution < 1.29 is 68.0 Å². The third kappa shape index (κ3) is 17.2. The first-order valence-corrected chi connectivity index (χ1v) is 26.7. The molecule has 0 aromatic heterocycles. The van der Waals surface area contributed by atoms with Crippen LogP contribution in [0.4, 0.5) is 0 Å². The molecule has 3 heterocycles. The van der Waals surface area contributed by atoms with E-state index in [0.717, 1.165) is 12.0 Å². The number of methoxy groups -OCH3 is 2. The molecule has 0 unspecified atom stereocenters. The minimum absolute atomic E-state index is 0.0103. The van der Waals surface area contributed by atoms with E-state index in [9.17, 15) is 39.6 Å². The lowest BCUT2D eigenvalue weighted by Crippen LogP contribution is -2.61. The van der Waals surface area contributed by atoms with Crippen molar-refractivity contribution in [2.45, 2.75) is 200 Å². The van der Waals surface area contributed by atoms with Crippen LogP contribution in [-0.2, 0) is 47.6 Å². The van der Waals surface area contributed by atoms with Crippen molar-refractivity contribution >= 4 is 23.4 Å². The highest BCUT2D eigenvalue weighted by molar-refractivity contribution is 6.39. The Morgan fingerprint density at radius 1 is 0.861 bits per heavy atom. The Kier molecular flexibility index (Phi) is 25.5. The second-order valence-electron chi connectivity index (χ2n) is 21.1. The third-order valence-electron chi connectivity index (χ3n) is 15.4. The zero-order chi connectivity index (χ0) is 53.1. The number of ether oxygens (including phenoxy) is 6. The Bertz CT molecular complexity index is 1940.